The molecular weight excluding hydrogens is 713 g/mol. The van der Waals surface area contributed by atoms with Crippen molar-refractivity contribution in [1.82, 2.24) is 0 Å². The van der Waals surface area contributed by atoms with Gasteiger partial charge in [0.1, 0.15) is 23.2 Å². The van der Waals surface area contributed by atoms with Gasteiger partial charge in [0, 0.05) is 35.4 Å². The summed E-state index contributed by atoms with van der Waals surface area (Å²) in [6.45, 7) is 28.8. The lowest BCUT2D eigenvalue weighted by atomic mass is 9.79. The zero-order valence-corrected chi connectivity index (χ0v) is 36.2. The maximum Gasteiger partial charge on any atom is 0.471 e. The first-order valence-electron chi connectivity index (χ1n) is 18.6. The van der Waals surface area contributed by atoms with Gasteiger partial charge in [-0.25, -0.2) is 0 Å². The van der Waals surface area contributed by atoms with Crippen LogP contribution in [-0.4, -0.2) is 75.3 Å². The molecular formula is C40H60O11Si2. The average Bonchev–Trinajstić information content (AvgIpc) is 2.99. The molecule has 294 valence electrons. The van der Waals surface area contributed by atoms with E-state index >= 15 is 4.79 Å². The summed E-state index contributed by atoms with van der Waals surface area (Å²) in [7, 11) is -6.01. The highest BCUT2D eigenvalue weighted by Gasteiger charge is 2.65. The number of aliphatic hydroxyl groups is 2. The Morgan fingerprint density at radius 1 is 1.06 bits per heavy atom. The molecule has 0 radical (unpaired) electrons. The minimum Gasteiger partial charge on any atom is -0.510 e. The highest BCUT2D eigenvalue weighted by atomic mass is 28.4. The summed E-state index contributed by atoms with van der Waals surface area (Å²) in [5.41, 5.74) is 0.694. The maximum absolute atomic E-state index is 15.2. The van der Waals surface area contributed by atoms with Crippen molar-refractivity contribution in [3.63, 3.8) is 0 Å². The lowest BCUT2D eigenvalue weighted by Gasteiger charge is -2.51. The topological polar surface area (TPSA) is 147 Å². The number of carbonyl (C=O) groups excluding carboxylic acids is 3. The highest BCUT2D eigenvalue weighted by Crippen LogP contribution is 2.60. The standard InChI is InChI=1S/C40H60O11Si2/c1-21-16-24-26(20-42)30-27(48-29-18-40(13,45)36(22(2)46-29)47-23(3)43)17-28(49-52(14,15)37(4,5)6)33(44)32(30)35-31(24)34(25(21)19-41)50-53(51-35,38(7,8)9)39(10,11)12/h16,19,22,27-29,36,42,45H,17-18,20H2,1-15H3/t22?,27-,28-,29?,36?,40?/m0/s1. The van der Waals surface area contributed by atoms with Crippen molar-refractivity contribution in [2.24, 2.45) is 0 Å². The van der Waals surface area contributed by atoms with Crippen LogP contribution >= 0.6 is 0 Å². The molecule has 6 atom stereocenters. The second-order valence-corrected chi connectivity index (χ2v) is 28.4. The smallest absolute Gasteiger partial charge is 0.471 e. The fraction of sp³-hybridized carbons (Fsp3) is 0.675. The van der Waals surface area contributed by atoms with Crippen LogP contribution in [0, 0.1) is 6.92 Å². The summed E-state index contributed by atoms with van der Waals surface area (Å²) in [5.74, 6) is -0.150. The first-order valence-corrected chi connectivity index (χ1v) is 23.4. The third kappa shape index (κ3) is 6.93. The molecule has 2 aromatic carbocycles. The lowest BCUT2D eigenvalue weighted by molar-refractivity contribution is -0.289. The van der Waals surface area contributed by atoms with Gasteiger partial charge < -0.3 is 37.7 Å². The number of hydrogen-bond acceptors (Lipinski definition) is 11. The molecule has 1 fully saturated rings. The van der Waals surface area contributed by atoms with Gasteiger partial charge >= 0.3 is 14.5 Å². The van der Waals surface area contributed by atoms with E-state index in [1.807, 2.05) is 13.0 Å². The molecule has 13 heteroatoms. The van der Waals surface area contributed by atoms with E-state index in [2.05, 4.69) is 75.4 Å². The van der Waals surface area contributed by atoms with Crippen LogP contribution < -0.4 is 8.85 Å². The molecule has 0 bridgehead atoms. The predicted molar refractivity (Wildman–Crippen MR) is 206 cm³/mol. The van der Waals surface area contributed by atoms with Gasteiger partial charge in [0.05, 0.1) is 35.3 Å². The van der Waals surface area contributed by atoms with Crippen LogP contribution in [-0.2, 0) is 30.0 Å². The molecule has 2 N–H and O–H groups in total. The van der Waals surface area contributed by atoms with Gasteiger partial charge in [0.2, 0.25) is 0 Å². The Kier molecular flexibility index (Phi) is 10.6. The number of ether oxygens (including phenoxy) is 3. The van der Waals surface area contributed by atoms with E-state index in [0.29, 0.717) is 44.5 Å². The molecule has 2 heterocycles. The number of ketones is 1. The van der Waals surface area contributed by atoms with E-state index in [4.69, 9.17) is 27.5 Å². The molecule has 2 aromatic rings. The van der Waals surface area contributed by atoms with Crippen molar-refractivity contribution >= 4 is 45.7 Å². The van der Waals surface area contributed by atoms with Gasteiger partial charge in [0.15, 0.2) is 32.8 Å². The molecule has 0 spiro atoms. The normalized spacial score (nSPS) is 27.5. The monoisotopic (exact) mass is 772 g/mol. The number of fused-ring (bicyclic) bond motifs is 2. The molecule has 3 aliphatic rings. The number of aryl methyl sites for hydroxylation is 1. The van der Waals surface area contributed by atoms with E-state index < -0.39 is 75.8 Å². The van der Waals surface area contributed by atoms with Crippen molar-refractivity contribution < 1.29 is 52.1 Å². The van der Waals surface area contributed by atoms with Gasteiger partial charge in [-0.2, -0.15) is 0 Å². The summed E-state index contributed by atoms with van der Waals surface area (Å²) in [6.07, 6.45) is -3.52. The van der Waals surface area contributed by atoms with E-state index in [0.717, 1.165) is 6.29 Å². The van der Waals surface area contributed by atoms with Crippen LogP contribution in [0.1, 0.15) is 139 Å². The molecule has 0 saturated carbocycles. The number of esters is 1. The quantitative estimate of drug-likeness (QED) is 0.160. The number of Topliss-reactive ketones (excluding diaryl/α,β-unsaturated/α-hetero) is 1. The van der Waals surface area contributed by atoms with Gasteiger partial charge in [-0.15, -0.1) is 0 Å². The maximum atomic E-state index is 15.2. The fourth-order valence-corrected chi connectivity index (χ4v) is 14.1. The molecule has 1 aliphatic carbocycles. The summed E-state index contributed by atoms with van der Waals surface area (Å²) in [6, 6.07) is 1.83. The molecule has 4 unspecified atom stereocenters. The number of rotatable bonds is 7. The summed E-state index contributed by atoms with van der Waals surface area (Å²) in [5, 5.41) is 22.5. The number of aliphatic hydroxyl groups excluding tert-OH is 1. The van der Waals surface area contributed by atoms with Crippen LogP contribution in [0.3, 0.4) is 0 Å². The van der Waals surface area contributed by atoms with Crippen molar-refractivity contribution in [2.75, 3.05) is 0 Å². The van der Waals surface area contributed by atoms with E-state index in [1.165, 1.54) is 6.92 Å². The first kappa shape index (κ1) is 41.5. The van der Waals surface area contributed by atoms with Crippen molar-refractivity contribution in [3.8, 4) is 11.5 Å². The van der Waals surface area contributed by atoms with Gasteiger partial charge in [0.25, 0.3) is 0 Å². The first-order chi connectivity index (χ1) is 24.1. The third-order valence-electron chi connectivity index (χ3n) is 11.8. The van der Waals surface area contributed by atoms with Gasteiger partial charge in [-0.05, 0) is 61.5 Å². The zero-order chi connectivity index (χ0) is 40.0. The Bertz CT molecular complexity index is 1800. The average molecular weight is 773 g/mol. The Hall–Kier alpha value is -2.66. The van der Waals surface area contributed by atoms with Crippen LogP contribution in [0.4, 0.5) is 0 Å². The van der Waals surface area contributed by atoms with E-state index in [1.54, 1.807) is 13.8 Å². The number of carbonyl (C=O) groups is 3. The Morgan fingerprint density at radius 2 is 1.64 bits per heavy atom. The minimum absolute atomic E-state index is 0.0297. The number of hydrogen-bond donors (Lipinski definition) is 2. The van der Waals surface area contributed by atoms with Crippen molar-refractivity contribution in [3.05, 3.63) is 33.9 Å². The predicted octanol–water partition coefficient (Wildman–Crippen LogP) is 8.12. The van der Waals surface area contributed by atoms with Gasteiger partial charge in [-0.3, -0.25) is 14.4 Å². The molecule has 5 rings (SSSR count). The van der Waals surface area contributed by atoms with Crippen LogP contribution in [0.2, 0.25) is 28.2 Å². The van der Waals surface area contributed by atoms with E-state index in [-0.39, 0.29) is 29.2 Å². The largest absolute Gasteiger partial charge is 0.510 e. The summed E-state index contributed by atoms with van der Waals surface area (Å²) >= 11 is 0. The Labute approximate surface area is 316 Å². The Balaban J connectivity index is 1.82. The summed E-state index contributed by atoms with van der Waals surface area (Å²) < 4.78 is 39.8. The second-order valence-electron chi connectivity index (χ2n) is 19.0. The van der Waals surface area contributed by atoms with Crippen molar-refractivity contribution in [1.29, 1.82) is 0 Å². The van der Waals surface area contributed by atoms with Gasteiger partial charge in [-0.1, -0.05) is 62.3 Å². The molecule has 11 nitrogen and oxygen atoms in total. The number of aldehydes is 1. The Morgan fingerprint density at radius 3 is 2.13 bits per heavy atom. The van der Waals surface area contributed by atoms with E-state index in [9.17, 15) is 19.8 Å². The highest BCUT2D eigenvalue weighted by molar-refractivity contribution is 6.75. The SMILES string of the molecule is CC(=O)OC1C(C)OC(O[C@H]2C[C@H](O[Si](C)(C)C(C)(C)C)C(=O)c3c2c(CO)c2cc(C)c(C=O)c4c2c3O[Si](C(C)(C)C)(C(C)(C)C)O4)CC1(C)O. The second kappa shape index (κ2) is 13.5. The lowest BCUT2D eigenvalue weighted by Crippen LogP contribution is -2.63. The van der Waals surface area contributed by atoms with Crippen LogP contribution in [0.25, 0.3) is 10.8 Å². The molecule has 53 heavy (non-hydrogen) atoms. The fourth-order valence-electron chi connectivity index (χ4n) is 8.30. The molecule has 1 saturated heterocycles. The molecule has 0 amide bonds. The van der Waals surface area contributed by atoms with Crippen LogP contribution in [0.5, 0.6) is 11.5 Å². The van der Waals surface area contributed by atoms with Crippen molar-refractivity contribution in [2.45, 2.75) is 174 Å². The minimum atomic E-state index is -3.46. The zero-order valence-electron chi connectivity index (χ0n) is 34.2. The molecule has 2 aliphatic heterocycles. The summed E-state index contributed by atoms with van der Waals surface area (Å²) in [4.78, 5) is 39.9. The van der Waals surface area contributed by atoms with Crippen LogP contribution in [0.15, 0.2) is 6.07 Å². The third-order valence-corrected chi connectivity index (χ3v) is 21.2. The molecule has 0 aromatic heterocycles. The number of benzene rings is 2.